The molecule has 0 unspecified atom stereocenters. The molecule has 0 aliphatic carbocycles. The van der Waals surface area contributed by atoms with Gasteiger partial charge in [0.2, 0.25) is 15.9 Å². The Morgan fingerprint density at radius 2 is 1.83 bits per heavy atom. The van der Waals surface area contributed by atoms with Crippen molar-refractivity contribution in [3.63, 3.8) is 0 Å². The van der Waals surface area contributed by atoms with Crippen LogP contribution in [0.5, 0.6) is 0 Å². The van der Waals surface area contributed by atoms with Gasteiger partial charge in [0.25, 0.3) is 0 Å². The molecule has 0 aliphatic rings. The number of sulfonamides is 1. The lowest BCUT2D eigenvalue weighted by molar-refractivity contribution is -0.116. The van der Waals surface area contributed by atoms with Gasteiger partial charge in [-0.05, 0) is 49.7 Å². The summed E-state index contributed by atoms with van der Waals surface area (Å²) in [6.07, 6.45) is 1.10. The zero-order valence-corrected chi connectivity index (χ0v) is 16.1. The third-order valence-corrected chi connectivity index (χ3v) is 5.17. The molecular weight excluding hydrogens is 392 g/mol. The third kappa shape index (κ3) is 4.58. The van der Waals surface area contributed by atoms with E-state index in [-0.39, 0.29) is 0 Å². The Kier molecular flexibility index (Phi) is 5.66. The molecule has 1 atom stereocenters. The molecule has 5 nitrogen and oxygen atoms in total. The highest BCUT2D eigenvalue weighted by molar-refractivity contribution is 9.10. The maximum absolute atomic E-state index is 12.5. The van der Waals surface area contributed by atoms with E-state index < -0.39 is 22.0 Å². The SMILES string of the molecule is Cc1cccc(N([C@@H](C)C(=O)Nc2cccc(Br)c2)S(C)(=O)=O)c1. The van der Waals surface area contributed by atoms with Gasteiger partial charge in [-0.1, -0.05) is 34.1 Å². The second-order valence-corrected chi connectivity index (χ2v) is 8.35. The van der Waals surface area contributed by atoms with Crippen LogP contribution in [0.4, 0.5) is 11.4 Å². The first-order valence-electron chi connectivity index (χ1n) is 7.31. The molecular formula is C17H19BrN2O3S. The van der Waals surface area contributed by atoms with Crippen molar-refractivity contribution in [3.8, 4) is 0 Å². The molecule has 7 heteroatoms. The molecule has 1 N–H and O–H groups in total. The standard InChI is InChI=1S/C17H19BrN2O3S/c1-12-6-4-9-16(10-12)20(24(3,22)23)13(2)17(21)19-15-8-5-7-14(18)11-15/h4-11,13H,1-3H3,(H,19,21)/t13-/m0/s1. The first kappa shape index (κ1) is 18.5. The number of halogens is 1. The lowest BCUT2D eigenvalue weighted by Gasteiger charge is -2.28. The van der Waals surface area contributed by atoms with Gasteiger partial charge in [-0.2, -0.15) is 0 Å². The minimum atomic E-state index is -3.62. The molecule has 0 saturated heterocycles. The number of nitrogens with one attached hydrogen (secondary N) is 1. The van der Waals surface area contributed by atoms with Gasteiger partial charge in [0, 0.05) is 10.2 Å². The van der Waals surface area contributed by atoms with Crippen molar-refractivity contribution in [1.82, 2.24) is 0 Å². The Labute approximate surface area is 150 Å². The highest BCUT2D eigenvalue weighted by Gasteiger charge is 2.29. The Hall–Kier alpha value is -1.86. The number of anilines is 2. The average Bonchev–Trinajstić information content (AvgIpc) is 2.46. The number of aryl methyl sites for hydroxylation is 1. The van der Waals surface area contributed by atoms with Crippen LogP contribution >= 0.6 is 15.9 Å². The molecule has 0 aromatic heterocycles. The van der Waals surface area contributed by atoms with Crippen molar-refractivity contribution in [1.29, 1.82) is 0 Å². The van der Waals surface area contributed by atoms with Crippen LogP contribution in [0.25, 0.3) is 0 Å². The summed E-state index contributed by atoms with van der Waals surface area (Å²) in [4.78, 5) is 12.5. The van der Waals surface area contributed by atoms with E-state index in [0.717, 1.165) is 20.6 Å². The third-order valence-electron chi connectivity index (χ3n) is 3.44. The minimum Gasteiger partial charge on any atom is -0.324 e. The predicted molar refractivity (Wildman–Crippen MR) is 101 cm³/mol. The summed E-state index contributed by atoms with van der Waals surface area (Å²) in [5.74, 6) is -0.403. The van der Waals surface area contributed by atoms with E-state index in [1.165, 1.54) is 0 Å². The van der Waals surface area contributed by atoms with E-state index in [4.69, 9.17) is 0 Å². The first-order chi connectivity index (χ1) is 11.2. The Morgan fingerprint density at radius 3 is 2.42 bits per heavy atom. The molecule has 0 aliphatic heterocycles. The molecule has 24 heavy (non-hydrogen) atoms. The topological polar surface area (TPSA) is 66.5 Å². The summed E-state index contributed by atoms with van der Waals surface area (Å²) in [5.41, 5.74) is 1.98. The highest BCUT2D eigenvalue weighted by atomic mass is 79.9. The van der Waals surface area contributed by atoms with Gasteiger partial charge >= 0.3 is 0 Å². The molecule has 128 valence electrons. The van der Waals surface area contributed by atoms with Crippen molar-refractivity contribution in [3.05, 3.63) is 58.6 Å². The Bertz CT molecular complexity index is 852. The second kappa shape index (κ2) is 7.36. The summed E-state index contributed by atoms with van der Waals surface area (Å²) in [7, 11) is -3.62. The number of rotatable bonds is 5. The molecule has 2 aromatic rings. The smallest absolute Gasteiger partial charge is 0.247 e. The van der Waals surface area contributed by atoms with Crippen LogP contribution < -0.4 is 9.62 Å². The van der Waals surface area contributed by atoms with Crippen molar-refractivity contribution in [2.75, 3.05) is 15.9 Å². The molecule has 0 bridgehead atoms. The lowest BCUT2D eigenvalue weighted by Crippen LogP contribution is -2.45. The molecule has 2 rings (SSSR count). The van der Waals surface area contributed by atoms with Gasteiger partial charge in [-0.3, -0.25) is 9.10 Å². The molecule has 0 saturated carbocycles. The molecule has 0 radical (unpaired) electrons. The quantitative estimate of drug-likeness (QED) is 0.819. The fraction of sp³-hybridized carbons (Fsp3) is 0.235. The lowest BCUT2D eigenvalue weighted by atomic mass is 10.2. The largest absolute Gasteiger partial charge is 0.324 e. The van der Waals surface area contributed by atoms with Crippen LogP contribution in [0.1, 0.15) is 12.5 Å². The van der Waals surface area contributed by atoms with E-state index in [9.17, 15) is 13.2 Å². The number of hydrogen-bond acceptors (Lipinski definition) is 3. The second-order valence-electron chi connectivity index (χ2n) is 5.57. The molecule has 0 spiro atoms. The first-order valence-corrected chi connectivity index (χ1v) is 9.95. The van der Waals surface area contributed by atoms with Gasteiger partial charge in [0.1, 0.15) is 6.04 Å². The van der Waals surface area contributed by atoms with E-state index >= 15 is 0 Å². The number of benzene rings is 2. The fourth-order valence-corrected chi connectivity index (χ4v) is 3.95. The van der Waals surface area contributed by atoms with Crippen LogP contribution in [-0.4, -0.2) is 26.6 Å². The number of carbonyl (C=O) groups is 1. The summed E-state index contributed by atoms with van der Waals surface area (Å²) < 4.78 is 26.4. The summed E-state index contributed by atoms with van der Waals surface area (Å²) >= 11 is 3.34. The Balaban J connectivity index is 2.31. The molecule has 2 aromatic carbocycles. The van der Waals surface area contributed by atoms with Gasteiger partial charge in [-0.25, -0.2) is 8.42 Å². The maximum atomic E-state index is 12.5. The van der Waals surface area contributed by atoms with Crippen LogP contribution in [0, 0.1) is 6.92 Å². The van der Waals surface area contributed by atoms with E-state index in [0.29, 0.717) is 11.4 Å². The van der Waals surface area contributed by atoms with Gasteiger partial charge in [0.05, 0.1) is 11.9 Å². The summed E-state index contributed by atoms with van der Waals surface area (Å²) in [5, 5.41) is 2.74. The summed E-state index contributed by atoms with van der Waals surface area (Å²) in [6, 6.07) is 13.3. The van der Waals surface area contributed by atoms with Crippen LogP contribution in [0.15, 0.2) is 53.0 Å². The van der Waals surface area contributed by atoms with Crippen LogP contribution in [0.2, 0.25) is 0 Å². The average molecular weight is 411 g/mol. The monoisotopic (exact) mass is 410 g/mol. The Morgan fingerprint density at radius 1 is 1.17 bits per heavy atom. The van der Waals surface area contributed by atoms with Gasteiger partial charge in [0.15, 0.2) is 0 Å². The van der Waals surface area contributed by atoms with Crippen molar-refractivity contribution < 1.29 is 13.2 Å². The fourth-order valence-electron chi connectivity index (χ4n) is 2.39. The molecule has 0 fully saturated rings. The minimum absolute atomic E-state index is 0.403. The van der Waals surface area contributed by atoms with Crippen molar-refractivity contribution in [2.45, 2.75) is 19.9 Å². The zero-order chi connectivity index (χ0) is 17.9. The normalized spacial score (nSPS) is 12.5. The zero-order valence-electron chi connectivity index (χ0n) is 13.7. The van der Waals surface area contributed by atoms with Crippen LogP contribution in [-0.2, 0) is 14.8 Å². The molecule has 0 heterocycles. The van der Waals surface area contributed by atoms with E-state index in [1.54, 1.807) is 43.3 Å². The predicted octanol–water partition coefficient (Wildman–Crippen LogP) is 3.55. The number of hydrogen-bond donors (Lipinski definition) is 1. The van der Waals surface area contributed by atoms with Gasteiger partial charge in [-0.15, -0.1) is 0 Å². The highest BCUT2D eigenvalue weighted by Crippen LogP contribution is 2.23. The summed E-state index contributed by atoms with van der Waals surface area (Å²) in [6.45, 7) is 3.44. The van der Waals surface area contributed by atoms with Gasteiger partial charge < -0.3 is 5.32 Å². The van der Waals surface area contributed by atoms with Crippen molar-refractivity contribution in [2.24, 2.45) is 0 Å². The number of amides is 1. The number of carbonyl (C=O) groups excluding carboxylic acids is 1. The molecule has 1 amide bonds. The van der Waals surface area contributed by atoms with Crippen molar-refractivity contribution >= 4 is 43.2 Å². The van der Waals surface area contributed by atoms with E-state index in [2.05, 4.69) is 21.2 Å². The maximum Gasteiger partial charge on any atom is 0.247 e. The van der Waals surface area contributed by atoms with Crippen LogP contribution in [0.3, 0.4) is 0 Å². The number of nitrogens with zero attached hydrogens (tertiary/aromatic N) is 1. The van der Waals surface area contributed by atoms with E-state index in [1.807, 2.05) is 19.1 Å².